The van der Waals surface area contributed by atoms with E-state index < -0.39 is 0 Å². The van der Waals surface area contributed by atoms with Crippen molar-refractivity contribution in [3.05, 3.63) is 87.8 Å². The van der Waals surface area contributed by atoms with E-state index in [0.29, 0.717) is 18.1 Å². The molecule has 2 aromatic carbocycles. The minimum atomic E-state index is -0.162. The standard InChI is InChI=1S/C21H21NO3/c1-15-9-10-20(16(2)11-15)25-21-13-22(3)17(12-19(21)23)14-24-18-7-5-4-6-8-18/h4-13H,14H2,1-3H3. The van der Waals surface area contributed by atoms with Crippen LogP contribution in [0.4, 0.5) is 0 Å². The summed E-state index contributed by atoms with van der Waals surface area (Å²) in [6.45, 7) is 4.31. The van der Waals surface area contributed by atoms with E-state index in [0.717, 1.165) is 22.6 Å². The highest BCUT2D eigenvalue weighted by atomic mass is 16.5. The monoisotopic (exact) mass is 335 g/mol. The van der Waals surface area contributed by atoms with E-state index in [-0.39, 0.29) is 5.43 Å². The Morgan fingerprint density at radius 1 is 0.960 bits per heavy atom. The zero-order chi connectivity index (χ0) is 17.8. The lowest BCUT2D eigenvalue weighted by atomic mass is 10.1. The third-order valence-corrected chi connectivity index (χ3v) is 3.98. The van der Waals surface area contributed by atoms with Crippen LogP contribution in [0.15, 0.2) is 65.6 Å². The number of para-hydroxylation sites is 1. The summed E-state index contributed by atoms with van der Waals surface area (Å²) in [5.41, 5.74) is 2.77. The van der Waals surface area contributed by atoms with Crippen LogP contribution < -0.4 is 14.9 Å². The molecule has 0 aliphatic heterocycles. The highest BCUT2D eigenvalue weighted by Gasteiger charge is 2.09. The molecule has 0 radical (unpaired) electrons. The third kappa shape index (κ3) is 4.10. The van der Waals surface area contributed by atoms with Crippen LogP contribution in [0.1, 0.15) is 16.8 Å². The van der Waals surface area contributed by atoms with Crippen LogP contribution in [0.5, 0.6) is 17.2 Å². The summed E-state index contributed by atoms with van der Waals surface area (Å²) < 4.78 is 13.4. The number of hydrogen-bond donors (Lipinski definition) is 0. The minimum absolute atomic E-state index is 0.162. The Balaban J connectivity index is 1.79. The molecule has 0 bridgehead atoms. The van der Waals surface area contributed by atoms with E-state index in [1.165, 1.54) is 0 Å². The first-order chi connectivity index (χ1) is 12.0. The van der Waals surface area contributed by atoms with Crippen molar-refractivity contribution in [3.8, 4) is 17.2 Å². The fraction of sp³-hybridized carbons (Fsp3) is 0.190. The lowest BCUT2D eigenvalue weighted by Crippen LogP contribution is -2.14. The molecular formula is C21H21NO3. The van der Waals surface area contributed by atoms with Gasteiger partial charge in [-0.2, -0.15) is 0 Å². The van der Waals surface area contributed by atoms with E-state index in [1.807, 2.05) is 74.0 Å². The molecule has 0 fully saturated rings. The largest absolute Gasteiger partial charge is 0.487 e. The van der Waals surface area contributed by atoms with E-state index in [9.17, 15) is 4.79 Å². The van der Waals surface area contributed by atoms with Gasteiger partial charge in [-0.3, -0.25) is 4.79 Å². The van der Waals surface area contributed by atoms with Crippen LogP contribution in [0.2, 0.25) is 0 Å². The Kier molecular flexibility index (Phi) is 4.89. The average Bonchev–Trinajstić information content (AvgIpc) is 2.60. The van der Waals surface area contributed by atoms with Gasteiger partial charge in [0.05, 0.1) is 11.9 Å². The smallest absolute Gasteiger partial charge is 0.224 e. The van der Waals surface area contributed by atoms with Crippen LogP contribution >= 0.6 is 0 Å². The zero-order valence-corrected chi connectivity index (χ0v) is 14.7. The molecule has 0 aliphatic rings. The first kappa shape index (κ1) is 16.8. The molecule has 3 rings (SSSR count). The maximum Gasteiger partial charge on any atom is 0.224 e. The number of nitrogens with zero attached hydrogens (tertiary/aromatic N) is 1. The first-order valence-corrected chi connectivity index (χ1v) is 8.15. The fourth-order valence-electron chi connectivity index (χ4n) is 2.57. The lowest BCUT2D eigenvalue weighted by Gasteiger charge is -2.13. The maximum atomic E-state index is 12.4. The number of benzene rings is 2. The summed E-state index contributed by atoms with van der Waals surface area (Å²) in [6, 6.07) is 17.0. The van der Waals surface area contributed by atoms with Crippen LogP contribution in [-0.2, 0) is 13.7 Å². The van der Waals surface area contributed by atoms with E-state index in [4.69, 9.17) is 9.47 Å². The van der Waals surface area contributed by atoms with Crippen molar-refractivity contribution in [2.24, 2.45) is 7.05 Å². The Morgan fingerprint density at radius 3 is 2.44 bits per heavy atom. The van der Waals surface area contributed by atoms with E-state index in [2.05, 4.69) is 0 Å². The average molecular weight is 335 g/mol. The van der Waals surface area contributed by atoms with Crippen molar-refractivity contribution in [2.45, 2.75) is 20.5 Å². The van der Waals surface area contributed by atoms with Gasteiger partial charge >= 0.3 is 0 Å². The molecule has 0 saturated heterocycles. The van der Waals surface area contributed by atoms with Gasteiger partial charge in [-0.15, -0.1) is 0 Å². The summed E-state index contributed by atoms with van der Waals surface area (Å²) in [5, 5.41) is 0. The normalized spacial score (nSPS) is 10.5. The number of pyridine rings is 1. The molecule has 1 aromatic heterocycles. The van der Waals surface area contributed by atoms with Crippen molar-refractivity contribution in [1.29, 1.82) is 0 Å². The molecule has 0 atom stereocenters. The summed E-state index contributed by atoms with van der Waals surface area (Å²) in [6.07, 6.45) is 1.70. The Morgan fingerprint density at radius 2 is 1.72 bits per heavy atom. The summed E-state index contributed by atoms with van der Waals surface area (Å²) >= 11 is 0. The second kappa shape index (κ2) is 7.26. The van der Waals surface area contributed by atoms with E-state index in [1.54, 1.807) is 12.3 Å². The molecule has 0 unspecified atom stereocenters. The van der Waals surface area contributed by atoms with Crippen LogP contribution in [-0.4, -0.2) is 4.57 Å². The van der Waals surface area contributed by atoms with Crippen molar-refractivity contribution in [2.75, 3.05) is 0 Å². The number of aryl methyl sites for hydroxylation is 3. The summed E-state index contributed by atoms with van der Waals surface area (Å²) in [7, 11) is 1.87. The van der Waals surface area contributed by atoms with Gasteiger partial charge in [0.2, 0.25) is 5.43 Å². The predicted octanol–water partition coefficient (Wildman–Crippen LogP) is 4.37. The molecule has 0 amide bonds. The van der Waals surface area contributed by atoms with Gasteiger partial charge in [-0.1, -0.05) is 35.9 Å². The SMILES string of the molecule is Cc1ccc(Oc2cn(C)c(COc3ccccc3)cc2=O)c(C)c1. The second-order valence-corrected chi connectivity index (χ2v) is 6.08. The zero-order valence-electron chi connectivity index (χ0n) is 14.7. The predicted molar refractivity (Wildman–Crippen MR) is 98.4 cm³/mol. The van der Waals surface area contributed by atoms with Gasteiger partial charge in [0.15, 0.2) is 5.75 Å². The maximum absolute atomic E-state index is 12.4. The minimum Gasteiger partial charge on any atom is -0.487 e. The van der Waals surface area contributed by atoms with Gasteiger partial charge in [0.25, 0.3) is 0 Å². The lowest BCUT2D eigenvalue weighted by molar-refractivity contribution is 0.295. The quantitative estimate of drug-likeness (QED) is 0.695. The highest BCUT2D eigenvalue weighted by Crippen LogP contribution is 2.24. The molecule has 25 heavy (non-hydrogen) atoms. The summed E-state index contributed by atoms with van der Waals surface area (Å²) in [5.74, 6) is 1.76. The van der Waals surface area contributed by atoms with Gasteiger partial charge < -0.3 is 14.0 Å². The molecule has 4 nitrogen and oxygen atoms in total. The molecular weight excluding hydrogens is 314 g/mol. The Hall–Kier alpha value is -3.01. The molecule has 0 spiro atoms. The third-order valence-electron chi connectivity index (χ3n) is 3.98. The van der Waals surface area contributed by atoms with Crippen molar-refractivity contribution >= 4 is 0 Å². The number of ether oxygens (including phenoxy) is 2. The van der Waals surface area contributed by atoms with Crippen molar-refractivity contribution in [1.82, 2.24) is 4.57 Å². The molecule has 4 heteroatoms. The number of aromatic nitrogens is 1. The molecule has 0 aliphatic carbocycles. The summed E-state index contributed by atoms with van der Waals surface area (Å²) in [4.78, 5) is 12.4. The Bertz CT molecular complexity index is 930. The fourth-order valence-corrected chi connectivity index (χ4v) is 2.57. The number of rotatable bonds is 5. The molecule has 0 saturated carbocycles. The van der Waals surface area contributed by atoms with Crippen LogP contribution in [0.3, 0.4) is 0 Å². The first-order valence-electron chi connectivity index (χ1n) is 8.15. The van der Waals surface area contributed by atoms with Gasteiger partial charge in [0.1, 0.15) is 18.1 Å². The number of hydrogen-bond acceptors (Lipinski definition) is 3. The van der Waals surface area contributed by atoms with Gasteiger partial charge in [-0.25, -0.2) is 0 Å². The van der Waals surface area contributed by atoms with Crippen LogP contribution in [0, 0.1) is 13.8 Å². The van der Waals surface area contributed by atoms with Crippen LogP contribution in [0.25, 0.3) is 0 Å². The topological polar surface area (TPSA) is 40.5 Å². The van der Waals surface area contributed by atoms with Crippen molar-refractivity contribution in [3.63, 3.8) is 0 Å². The van der Waals surface area contributed by atoms with Gasteiger partial charge in [-0.05, 0) is 37.6 Å². The highest BCUT2D eigenvalue weighted by molar-refractivity contribution is 5.39. The molecule has 3 aromatic rings. The second-order valence-electron chi connectivity index (χ2n) is 6.08. The van der Waals surface area contributed by atoms with Crippen molar-refractivity contribution < 1.29 is 9.47 Å². The Labute approximate surface area is 147 Å². The molecule has 1 heterocycles. The molecule has 128 valence electrons. The van der Waals surface area contributed by atoms with Gasteiger partial charge in [0, 0.05) is 13.1 Å². The van der Waals surface area contributed by atoms with E-state index >= 15 is 0 Å². The molecule has 0 N–H and O–H groups in total.